The van der Waals surface area contributed by atoms with Crippen molar-refractivity contribution >= 4 is 17.3 Å². The Bertz CT molecular complexity index is 500. The number of benzene rings is 1. The molecule has 4 nitrogen and oxygen atoms in total. The van der Waals surface area contributed by atoms with Gasteiger partial charge in [-0.25, -0.2) is 0 Å². The number of amides is 1. The second kappa shape index (κ2) is 4.85. The number of hydrogen-bond donors (Lipinski definition) is 2. The van der Waals surface area contributed by atoms with Crippen LogP contribution in [0.2, 0.25) is 0 Å². The normalized spacial score (nSPS) is 25.9. The van der Waals surface area contributed by atoms with Crippen LogP contribution in [0.25, 0.3) is 0 Å². The van der Waals surface area contributed by atoms with Gasteiger partial charge in [-0.2, -0.15) is 0 Å². The number of aryl methyl sites for hydroxylation is 1. The highest BCUT2D eigenvalue weighted by Crippen LogP contribution is 2.31. The fourth-order valence-electron chi connectivity index (χ4n) is 3.23. The highest BCUT2D eigenvalue weighted by molar-refractivity contribution is 5.94. The summed E-state index contributed by atoms with van der Waals surface area (Å²) in [7, 11) is 2.12. The van der Waals surface area contributed by atoms with E-state index in [4.69, 9.17) is 5.73 Å². The molecule has 1 aromatic rings. The van der Waals surface area contributed by atoms with Crippen molar-refractivity contribution in [1.29, 1.82) is 0 Å². The summed E-state index contributed by atoms with van der Waals surface area (Å²) in [5.74, 6) is 0.117. The molecule has 0 spiro atoms. The summed E-state index contributed by atoms with van der Waals surface area (Å²) in [6, 6.07) is 7.01. The first-order chi connectivity index (χ1) is 9.15. The number of nitrogens with one attached hydrogen (secondary N) is 1. The van der Waals surface area contributed by atoms with Gasteiger partial charge in [-0.1, -0.05) is 0 Å². The highest BCUT2D eigenvalue weighted by Gasteiger charge is 2.28. The van der Waals surface area contributed by atoms with E-state index >= 15 is 0 Å². The van der Waals surface area contributed by atoms with E-state index in [9.17, 15) is 4.79 Å². The molecule has 0 radical (unpaired) electrons. The van der Waals surface area contributed by atoms with E-state index in [2.05, 4.69) is 29.4 Å². The smallest absolute Gasteiger partial charge is 0.224 e. The van der Waals surface area contributed by atoms with Gasteiger partial charge in [-0.3, -0.25) is 4.79 Å². The summed E-state index contributed by atoms with van der Waals surface area (Å²) >= 11 is 0. The summed E-state index contributed by atoms with van der Waals surface area (Å²) in [6.45, 7) is 0. The van der Waals surface area contributed by atoms with Crippen molar-refractivity contribution in [2.45, 2.75) is 44.2 Å². The number of rotatable bonds is 2. The zero-order chi connectivity index (χ0) is 13.4. The summed E-state index contributed by atoms with van der Waals surface area (Å²) in [5.41, 5.74) is 9.57. The van der Waals surface area contributed by atoms with Crippen LogP contribution in [0.3, 0.4) is 0 Å². The number of likely N-dealkylation sites (N-methyl/N-ethyl adjacent to an activating group) is 1. The zero-order valence-electron chi connectivity index (χ0n) is 11.4. The fourth-order valence-corrected chi connectivity index (χ4v) is 3.23. The van der Waals surface area contributed by atoms with Crippen LogP contribution in [-0.2, 0) is 11.2 Å². The second-order valence-electron chi connectivity index (χ2n) is 5.66. The average molecular weight is 259 g/mol. The first-order valence-electron chi connectivity index (χ1n) is 7.06. The number of anilines is 2. The van der Waals surface area contributed by atoms with Gasteiger partial charge in [0.2, 0.25) is 5.91 Å². The third kappa shape index (κ3) is 2.32. The molecule has 102 valence electrons. The molecule has 2 aliphatic rings. The van der Waals surface area contributed by atoms with E-state index in [-0.39, 0.29) is 11.9 Å². The largest absolute Gasteiger partial charge is 0.370 e. The molecule has 0 bridgehead atoms. The number of carbonyl (C=O) groups is 1. The Morgan fingerprint density at radius 3 is 2.89 bits per heavy atom. The minimum atomic E-state index is 0.117. The minimum Gasteiger partial charge on any atom is -0.370 e. The molecule has 0 aromatic heterocycles. The molecule has 19 heavy (non-hydrogen) atoms. The van der Waals surface area contributed by atoms with Crippen LogP contribution < -0.4 is 16.0 Å². The van der Waals surface area contributed by atoms with Crippen molar-refractivity contribution < 1.29 is 4.79 Å². The number of carbonyl (C=O) groups excluding carboxylic acids is 1. The van der Waals surface area contributed by atoms with Gasteiger partial charge in [-0.05, 0) is 49.4 Å². The quantitative estimate of drug-likeness (QED) is 0.852. The SMILES string of the molecule is CN(c1ccc2c(c1)CCC(=O)N2)C1CCCC1N. The van der Waals surface area contributed by atoms with Crippen LogP contribution >= 0.6 is 0 Å². The lowest BCUT2D eigenvalue weighted by Crippen LogP contribution is -2.42. The average Bonchev–Trinajstić information content (AvgIpc) is 2.83. The third-order valence-corrected chi connectivity index (χ3v) is 4.42. The van der Waals surface area contributed by atoms with Crippen LogP contribution in [0.5, 0.6) is 0 Å². The summed E-state index contributed by atoms with van der Waals surface area (Å²) in [5, 5.41) is 2.92. The van der Waals surface area contributed by atoms with Crippen LogP contribution in [0, 0.1) is 0 Å². The summed E-state index contributed by atoms with van der Waals surface area (Å²) < 4.78 is 0. The Morgan fingerprint density at radius 2 is 2.16 bits per heavy atom. The Morgan fingerprint density at radius 1 is 1.32 bits per heavy atom. The zero-order valence-corrected chi connectivity index (χ0v) is 11.4. The molecule has 1 fully saturated rings. The first-order valence-corrected chi connectivity index (χ1v) is 7.06. The molecule has 2 unspecified atom stereocenters. The molecule has 1 aliphatic carbocycles. The fraction of sp³-hybridized carbons (Fsp3) is 0.533. The van der Waals surface area contributed by atoms with Gasteiger partial charge in [0, 0.05) is 36.9 Å². The molecule has 1 amide bonds. The van der Waals surface area contributed by atoms with Gasteiger partial charge in [0.05, 0.1) is 0 Å². The van der Waals surface area contributed by atoms with E-state index in [0.717, 1.165) is 18.5 Å². The van der Waals surface area contributed by atoms with Crippen LogP contribution in [0.1, 0.15) is 31.2 Å². The Hall–Kier alpha value is -1.55. The van der Waals surface area contributed by atoms with Crippen molar-refractivity contribution in [1.82, 2.24) is 0 Å². The Kier molecular flexibility index (Phi) is 3.19. The maximum absolute atomic E-state index is 11.4. The highest BCUT2D eigenvalue weighted by atomic mass is 16.1. The molecule has 4 heteroatoms. The monoisotopic (exact) mass is 259 g/mol. The molecule has 2 atom stereocenters. The van der Waals surface area contributed by atoms with E-state index in [1.165, 1.54) is 24.1 Å². The lowest BCUT2D eigenvalue weighted by atomic mass is 10.0. The molecular formula is C15H21N3O. The summed E-state index contributed by atoms with van der Waals surface area (Å²) in [4.78, 5) is 13.7. The van der Waals surface area contributed by atoms with Crippen LogP contribution in [0.4, 0.5) is 11.4 Å². The maximum Gasteiger partial charge on any atom is 0.224 e. The maximum atomic E-state index is 11.4. The number of nitrogens with zero attached hydrogens (tertiary/aromatic N) is 1. The predicted octanol–water partition coefficient (Wildman–Crippen LogP) is 1.89. The van der Waals surface area contributed by atoms with Gasteiger partial charge in [-0.15, -0.1) is 0 Å². The molecule has 1 heterocycles. The number of fused-ring (bicyclic) bond motifs is 1. The molecule has 0 saturated heterocycles. The number of hydrogen-bond acceptors (Lipinski definition) is 3. The van der Waals surface area contributed by atoms with Gasteiger partial charge < -0.3 is 16.0 Å². The molecule has 1 aromatic carbocycles. The standard InChI is InChI=1S/C15H21N3O/c1-18(14-4-2-3-12(14)16)11-6-7-13-10(9-11)5-8-15(19)17-13/h6-7,9,12,14H,2-5,8,16H2,1H3,(H,17,19). The van der Waals surface area contributed by atoms with Crippen molar-refractivity contribution in [2.24, 2.45) is 5.73 Å². The Balaban J connectivity index is 1.83. The molecule has 3 rings (SSSR count). The van der Waals surface area contributed by atoms with E-state index in [1.807, 2.05) is 6.07 Å². The van der Waals surface area contributed by atoms with E-state index in [0.29, 0.717) is 12.5 Å². The topological polar surface area (TPSA) is 58.4 Å². The lowest BCUT2D eigenvalue weighted by Gasteiger charge is -2.31. The lowest BCUT2D eigenvalue weighted by molar-refractivity contribution is -0.116. The van der Waals surface area contributed by atoms with Crippen molar-refractivity contribution in [3.8, 4) is 0 Å². The predicted molar refractivity (Wildman–Crippen MR) is 77.4 cm³/mol. The third-order valence-electron chi connectivity index (χ3n) is 4.42. The first kappa shape index (κ1) is 12.5. The van der Waals surface area contributed by atoms with E-state index in [1.54, 1.807) is 0 Å². The van der Waals surface area contributed by atoms with Crippen molar-refractivity contribution in [2.75, 3.05) is 17.3 Å². The second-order valence-corrected chi connectivity index (χ2v) is 5.66. The molecular weight excluding hydrogens is 238 g/mol. The van der Waals surface area contributed by atoms with Crippen molar-refractivity contribution in [3.05, 3.63) is 23.8 Å². The molecule has 1 aliphatic heterocycles. The van der Waals surface area contributed by atoms with Crippen LogP contribution in [0.15, 0.2) is 18.2 Å². The van der Waals surface area contributed by atoms with Crippen molar-refractivity contribution in [3.63, 3.8) is 0 Å². The van der Waals surface area contributed by atoms with E-state index < -0.39 is 0 Å². The molecule has 3 N–H and O–H groups in total. The minimum absolute atomic E-state index is 0.117. The summed E-state index contributed by atoms with van der Waals surface area (Å²) in [6.07, 6.45) is 4.93. The van der Waals surface area contributed by atoms with Gasteiger partial charge in [0.25, 0.3) is 0 Å². The number of nitrogens with two attached hydrogens (primary N) is 1. The molecule has 1 saturated carbocycles. The van der Waals surface area contributed by atoms with Gasteiger partial charge in [0.15, 0.2) is 0 Å². The van der Waals surface area contributed by atoms with Gasteiger partial charge in [0.1, 0.15) is 0 Å². The van der Waals surface area contributed by atoms with Crippen LogP contribution in [-0.4, -0.2) is 25.0 Å². The Labute approximate surface area is 114 Å². The van der Waals surface area contributed by atoms with Gasteiger partial charge >= 0.3 is 0 Å².